The average molecular weight is 314 g/mol. The van der Waals surface area contributed by atoms with E-state index in [4.69, 9.17) is 4.99 Å². The number of hydrogen-bond donors (Lipinski definition) is 1. The van der Waals surface area contributed by atoms with Gasteiger partial charge in [-0.05, 0) is 52.8 Å². The fraction of sp³-hybridized carbons (Fsp3) is 0.136. The van der Waals surface area contributed by atoms with Crippen molar-refractivity contribution in [3.63, 3.8) is 0 Å². The maximum Gasteiger partial charge on any atom is 0.101 e. The minimum absolute atomic E-state index is 0. The summed E-state index contributed by atoms with van der Waals surface area (Å²) in [5.74, 6) is 0. The average Bonchev–Trinajstić information content (AvgIpc) is 2.89. The number of aryl methyl sites for hydroxylation is 2. The Bertz CT molecular complexity index is 844. The Hall–Kier alpha value is -2.71. The van der Waals surface area contributed by atoms with E-state index in [0.717, 1.165) is 0 Å². The van der Waals surface area contributed by atoms with Gasteiger partial charge in [0.15, 0.2) is 0 Å². The molecule has 0 radical (unpaired) electrons. The molecule has 0 bridgehead atoms. The Morgan fingerprint density at radius 2 is 1.21 bits per heavy atom. The molecule has 3 N–H and O–H groups in total. The molecule has 4 rings (SSSR count). The quantitative estimate of drug-likeness (QED) is 0.610. The van der Waals surface area contributed by atoms with Gasteiger partial charge in [-0.2, -0.15) is 0 Å². The molecule has 0 aromatic heterocycles. The third-order valence-corrected chi connectivity index (χ3v) is 4.70. The Kier molecular flexibility index (Phi) is 4.32. The maximum atomic E-state index is 4.97. The van der Waals surface area contributed by atoms with Crippen molar-refractivity contribution in [2.75, 3.05) is 0 Å². The summed E-state index contributed by atoms with van der Waals surface area (Å²) in [7, 11) is 0. The van der Waals surface area contributed by atoms with Crippen LogP contribution in [0, 0.1) is 13.8 Å². The Labute approximate surface area is 143 Å². The minimum Gasteiger partial charge on any atom is -0.344 e. The molecule has 0 aliphatic heterocycles. The van der Waals surface area contributed by atoms with E-state index in [1.54, 1.807) is 0 Å². The fourth-order valence-electron chi connectivity index (χ4n) is 3.47. The van der Waals surface area contributed by atoms with Crippen LogP contribution in [-0.2, 0) is 0 Å². The van der Waals surface area contributed by atoms with Gasteiger partial charge in [-0.3, -0.25) is 4.99 Å². The van der Waals surface area contributed by atoms with Crippen LogP contribution in [0.25, 0.3) is 11.1 Å². The van der Waals surface area contributed by atoms with E-state index in [1.807, 2.05) is 6.21 Å². The van der Waals surface area contributed by atoms with Gasteiger partial charge in [0.1, 0.15) is 6.04 Å². The number of benzene rings is 3. The summed E-state index contributed by atoms with van der Waals surface area (Å²) >= 11 is 0. The summed E-state index contributed by atoms with van der Waals surface area (Å²) in [6, 6.07) is 23.7. The molecule has 0 fully saturated rings. The predicted octanol–water partition coefficient (Wildman–Crippen LogP) is 5.65. The van der Waals surface area contributed by atoms with Crippen molar-refractivity contribution in [1.82, 2.24) is 6.15 Å². The summed E-state index contributed by atoms with van der Waals surface area (Å²) in [5, 5.41) is 0. The number of aliphatic imine (C=N–C) groups is 1. The van der Waals surface area contributed by atoms with Gasteiger partial charge in [0.2, 0.25) is 0 Å². The molecule has 0 spiro atoms. The highest BCUT2D eigenvalue weighted by molar-refractivity contribution is 5.86. The van der Waals surface area contributed by atoms with Crippen LogP contribution in [0.1, 0.15) is 33.9 Å². The van der Waals surface area contributed by atoms with E-state index in [1.165, 1.54) is 38.9 Å². The first kappa shape index (κ1) is 16.2. The molecule has 0 unspecified atom stereocenters. The van der Waals surface area contributed by atoms with Crippen molar-refractivity contribution in [2.24, 2.45) is 4.99 Å². The number of fused-ring (bicyclic) bond motifs is 3. The van der Waals surface area contributed by atoms with Crippen molar-refractivity contribution >= 4 is 6.21 Å². The van der Waals surface area contributed by atoms with Crippen LogP contribution in [0.2, 0.25) is 0 Å². The molecule has 1 aliphatic rings. The highest BCUT2D eigenvalue weighted by Crippen LogP contribution is 2.45. The van der Waals surface area contributed by atoms with Crippen LogP contribution < -0.4 is 6.15 Å². The summed E-state index contributed by atoms with van der Waals surface area (Å²) < 4.78 is 0. The fourth-order valence-corrected chi connectivity index (χ4v) is 3.47. The van der Waals surface area contributed by atoms with Crippen molar-refractivity contribution < 1.29 is 0 Å². The molecular weight excluding hydrogens is 292 g/mol. The second kappa shape index (κ2) is 6.42. The number of rotatable bonds is 2. The number of nitrogens with zero attached hydrogens (tertiary/aromatic N) is 1. The SMILES string of the molecule is Cc1cccc(C)c1C=NC1c2ccccc2-c2ccccc21.N. The molecule has 3 aromatic rings. The summed E-state index contributed by atoms with van der Waals surface area (Å²) in [6.45, 7) is 4.29. The zero-order chi connectivity index (χ0) is 15.8. The largest absolute Gasteiger partial charge is 0.344 e. The van der Waals surface area contributed by atoms with E-state index in [2.05, 4.69) is 80.6 Å². The van der Waals surface area contributed by atoms with Gasteiger partial charge in [-0.15, -0.1) is 0 Å². The molecule has 1 aliphatic carbocycles. The Balaban J connectivity index is 0.00000169. The summed E-state index contributed by atoms with van der Waals surface area (Å²) in [6.07, 6.45) is 2.05. The molecule has 0 atom stereocenters. The predicted molar refractivity (Wildman–Crippen MR) is 102 cm³/mol. The maximum absolute atomic E-state index is 4.97. The lowest BCUT2D eigenvalue weighted by Gasteiger charge is -2.09. The highest BCUT2D eigenvalue weighted by Gasteiger charge is 2.26. The van der Waals surface area contributed by atoms with Gasteiger partial charge < -0.3 is 6.15 Å². The van der Waals surface area contributed by atoms with E-state index in [0.29, 0.717) is 0 Å². The van der Waals surface area contributed by atoms with Crippen molar-refractivity contribution in [1.29, 1.82) is 0 Å². The lowest BCUT2D eigenvalue weighted by molar-refractivity contribution is 0.907. The summed E-state index contributed by atoms with van der Waals surface area (Å²) in [4.78, 5) is 4.97. The molecule has 2 nitrogen and oxygen atoms in total. The van der Waals surface area contributed by atoms with E-state index >= 15 is 0 Å². The Morgan fingerprint density at radius 3 is 1.75 bits per heavy atom. The second-order valence-electron chi connectivity index (χ2n) is 6.16. The van der Waals surface area contributed by atoms with Gasteiger partial charge in [-0.1, -0.05) is 66.7 Å². The second-order valence-corrected chi connectivity index (χ2v) is 6.16. The molecule has 2 heteroatoms. The third kappa shape index (κ3) is 2.55. The minimum atomic E-state index is 0. The smallest absolute Gasteiger partial charge is 0.101 e. The topological polar surface area (TPSA) is 47.4 Å². The standard InChI is InChI=1S/C22H19N.H3N/c1-15-8-7-9-16(2)21(15)14-23-22-19-12-5-3-10-17(19)18-11-4-6-13-20(18)22;/h3-14,22H,1-2H3;1H3. The highest BCUT2D eigenvalue weighted by atomic mass is 14.8. The molecule has 0 saturated carbocycles. The van der Waals surface area contributed by atoms with Crippen LogP contribution in [0.15, 0.2) is 71.7 Å². The molecule has 0 heterocycles. The third-order valence-electron chi connectivity index (χ3n) is 4.70. The lowest BCUT2D eigenvalue weighted by atomic mass is 10.0. The number of hydrogen-bond acceptors (Lipinski definition) is 2. The summed E-state index contributed by atoms with van der Waals surface area (Å²) in [5.41, 5.74) is 9.00. The monoisotopic (exact) mass is 314 g/mol. The first-order chi connectivity index (χ1) is 11.3. The van der Waals surface area contributed by atoms with Crippen molar-refractivity contribution in [3.8, 4) is 11.1 Å². The van der Waals surface area contributed by atoms with Crippen LogP contribution in [0.4, 0.5) is 0 Å². The molecule has 120 valence electrons. The Morgan fingerprint density at radius 1 is 0.708 bits per heavy atom. The van der Waals surface area contributed by atoms with Gasteiger partial charge >= 0.3 is 0 Å². The van der Waals surface area contributed by atoms with Gasteiger partial charge in [0.25, 0.3) is 0 Å². The van der Waals surface area contributed by atoms with Crippen LogP contribution in [-0.4, -0.2) is 6.21 Å². The van der Waals surface area contributed by atoms with Crippen LogP contribution in [0.3, 0.4) is 0 Å². The van der Waals surface area contributed by atoms with E-state index in [-0.39, 0.29) is 12.2 Å². The van der Waals surface area contributed by atoms with Gasteiger partial charge in [0, 0.05) is 6.21 Å². The normalized spacial score (nSPS) is 12.8. The molecule has 0 saturated heterocycles. The van der Waals surface area contributed by atoms with Gasteiger partial charge in [0.05, 0.1) is 0 Å². The molecule has 0 amide bonds. The lowest BCUT2D eigenvalue weighted by Crippen LogP contribution is -1.97. The van der Waals surface area contributed by atoms with E-state index < -0.39 is 0 Å². The molecular formula is C22H22N2. The zero-order valence-electron chi connectivity index (χ0n) is 14.2. The van der Waals surface area contributed by atoms with Crippen LogP contribution >= 0.6 is 0 Å². The van der Waals surface area contributed by atoms with Crippen molar-refractivity contribution in [2.45, 2.75) is 19.9 Å². The van der Waals surface area contributed by atoms with Gasteiger partial charge in [-0.25, -0.2) is 0 Å². The first-order valence-electron chi connectivity index (χ1n) is 8.03. The zero-order valence-corrected chi connectivity index (χ0v) is 14.2. The van der Waals surface area contributed by atoms with Crippen LogP contribution in [0.5, 0.6) is 0 Å². The van der Waals surface area contributed by atoms with E-state index in [9.17, 15) is 0 Å². The van der Waals surface area contributed by atoms with Crippen molar-refractivity contribution in [3.05, 3.63) is 94.5 Å². The molecule has 24 heavy (non-hydrogen) atoms. The molecule has 3 aromatic carbocycles. The first-order valence-corrected chi connectivity index (χ1v) is 8.03.